The number of hydrogen-bond acceptors (Lipinski definition) is 4. The first-order valence-corrected chi connectivity index (χ1v) is 8.11. The fourth-order valence-corrected chi connectivity index (χ4v) is 3.09. The number of carbonyl (C=O) groups is 1. The van der Waals surface area contributed by atoms with Crippen LogP contribution in [-0.2, 0) is 15.9 Å². The number of nitrogens with zero attached hydrogens (tertiary/aromatic N) is 2. The normalized spacial score (nSPS) is 24.1. The lowest BCUT2D eigenvalue weighted by Gasteiger charge is -2.26. The molecule has 0 spiro atoms. The molecule has 2 aliphatic rings. The van der Waals surface area contributed by atoms with Crippen LogP contribution in [0.25, 0.3) is 0 Å². The maximum absolute atomic E-state index is 12.9. The van der Waals surface area contributed by atoms with Gasteiger partial charge >= 0.3 is 0 Å². The highest BCUT2D eigenvalue weighted by molar-refractivity contribution is 5.94. The summed E-state index contributed by atoms with van der Waals surface area (Å²) < 4.78 is 10.9. The Morgan fingerprint density at radius 1 is 1.45 bits per heavy atom. The fourth-order valence-electron chi connectivity index (χ4n) is 3.09. The van der Waals surface area contributed by atoms with Crippen LogP contribution in [0.3, 0.4) is 0 Å². The Labute approximate surface area is 131 Å². The molecule has 1 aromatic heterocycles. The molecule has 2 atom stereocenters. The molecular weight excluding hydrogens is 282 g/mol. The van der Waals surface area contributed by atoms with Gasteiger partial charge in [-0.3, -0.25) is 9.89 Å². The number of rotatable bonds is 6. The average Bonchev–Trinajstić information content (AvgIpc) is 3.20. The summed E-state index contributed by atoms with van der Waals surface area (Å²) in [5, 5.41) is 7.31. The van der Waals surface area contributed by atoms with Gasteiger partial charge in [0.25, 0.3) is 5.91 Å². The zero-order chi connectivity index (χ0) is 15.7. The predicted octanol–water partition coefficient (Wildman–Crippen LogP) is 1.93. The molecule has 22 heavy (non-hydrogen) atoms. The molecule has 0 saturated heterocycles. The number of amides is 1. The predicted molar refractivity (Wildman–Crippen MR) is 81.8 cm³/mol. The van der Waals surface area contributed by atoms with E-state index in [1.54, 1.807) is 7.11 Å². The van der Waals surface area contributed by atoms with Gasteiger partial charge < -0.3 is 14.4 Å². The lowest BCUT2D eigenvalue weighted by Crippen LogP contribution is -2.36. The second-order valence-electron chi connectivity index (χ2n) is 6.44. The summed E-state index contributed by atoms with van der Waals surface area (Å²) in [7, 11) is 1.66. The number of aromatic amines is 1. The van der Waals surface area contributed by atoms with Gasteiger partial charge in [-0.05, 0) is 32.6 Å². The summed E-state index contributed by atoms with van der Waals surface area (Å²) in [6.45, 7) is 6.02. The molecule has 0 bridgehead atoms. The van der Waals surface area contributed by atoms with Crippen LogP contribution in [0.4, 0.5) is 0 Å². The second kappa shape index (κ2) is 6.38. The van der Waals surface area contributed by atoms with Crippen LogP contribution < -0.4 is 0 Å². The molecule has 6 nitrogen and oxygen atoms in total. The zero-order valence-electron chi connectivity index (χ0n) is 13.6. The topological polar surface area (TPSA) is 67.5 Å². The Bertz CT molecular complexity index is 539. The number of methoxy groups -OCH3 is 1. The first-order chi connectivity index (χ1) is 10.6. The number of ether oxygens (including phenoxy) is 2. The Kier molecular flexibility index (Phi) is 4.49. The van der Waals surface area contributed by atoms with E-state index in [4.69, 9.17) is 9.47 Å². The first-order valence-electron chi connectivity index (χ1n) is 8.11. The van der Waals surface area contributed by atoms with Crippen molar-refractivity contribution in [3.63, 3.8) is 0 Å². The lowest BCUT2D eigenvalue weighted by molar-refractivity contribution is -0.00703. The van der Waals surface area contributed by atoms with Crippen molar-refractivity contribution >= 4 is 5.91 Å². The third-order valence-corrected chi connectivity index (χ3v) is 4.46. The van der Waals surface area contributed by atoms with Gasteiger partial charge in [-0.2, -0.15) is 5.10 Å². The molecule has 6 heteroatoms. The van der Waals surface area contributed by atoms with E-state index in [1.807, 2.05) is 18.7 Å². The maximum atomic E-state index is 12.9. The van der Waals surface area contributed by atoms with Crippen molar-refractivity contribution < 1.29 is 14.3 Å². The van der Waals surface area contributed by atoms with Gasteiger partial charge in [0, 0.05) is 32.2 Å². The van der Waals surface area contributed by atoms with E-state index >= 15 is 0 Å². The molecule has 3 rings (SSSR count). The molecule has 1 aliphatic heterocycles. The van der Waals surface area contributed by atoms with E-state index in [1.165, 1.54) is 12.8 Å². The Balaban J connectivity index is 1.80. The highest BCUT2D eigenvalue weighted by Gasteiger charge is 2.33. The largest absolute Gasteiger partial charge is 0.383 e. The van der Waals surface area contributed by atoms with E-state index in [9.17, 15) is 4.79 Å². The van der Waals surface area contributed by atoms with Gasteiger partial charge in [0.05, 0.1) is 24.5 Å². The first kappa shape index (κ1) is 15.5. The minimum atomic E-state index is -0.0383. The van der Waals surface area contributed by atoms with E-state index < -0.39 is 0 Å². The van der Waals surface area contributed by atoms with E-state index in [2.05, 4.69) is 10.2 Å². The van der Waals surface area contributed by atoms with Gasteiger partial charge in [-0.25, -0.2) is 0 Å². The Morgan fingerprint density at radius 3 is 2.91 bits per heavy atom. The SMILES string of the molecule is COCCN(CC1CC1)C(=O)c1n[nH]c2c1C[C@H](C)O[C@@H]2C. The summed E-state index contributed by atoms with van der Waals surface area (Å²) in [6.07, 6.45) is 3.25. The molecule has 1 aliphatic carbocycles. The number of nitrogens with one attached hydrogen (secondary N) is 1. The van der Waals surface area contributed by atoms with Crippen molar-refractivity contribution in [3.8, 4) is 0 Å². The van der Waals surface area contributed by atoms with Crippen LogP contribution in [0.5, 0.6) is 0 Å². The van der Waals surface area contributed by atoms with Crippen molar-refractivity contribution in [2.75, 3.05) is 26.8 Å². The molecule has 1 aromatic rings. The smallest absolute Gasteiger partial charge is 0.274 e. The van der Waals surface area contributed by atoms with E-state index in [0.29, 0.717) is 24.8 Å². The summed E-state index contributed by atoms with van der Waals surface area (Å²) in [4.78, 5) is 14.8. The second-order valence-corrected chi connectivity index (χ2v) is 6.44. The lowest BCUT2D eigenvalue weighted by atomic mass is 9.99. The summed E-state index contributed by atoms with van der Waals surface area (Å²) in [5.41, 5.74) is 2.53. The van der Waals surface area contributed by atoms with Gasteiger partial charge in [0.2, 0.25) is 0 Å². The quantitative estimate of drug-likeness (QED) is 0.872. The number of fused-ring (bicyclic) bond motifs is 1. The van der Waals surface area contributed by atoms with Gasteiger partial charge in [0.15, 0.2) is 5.69 Å². The Morgan fingerprint density at radius 2 is 2.23 bits per heavy atom. The van der Waals surface area contributed by atoms with Crippen molar-refractivity contribution in [3.05, 3.63) is 17.0 Å². The van der Waals surface area contributed by atoms with Gasteiger partial charge in [-0.1, -0.05) is 0 Å². The minimum absolute atomic E-state index is 0.0164. The molecule has 1 amide bonds. The third kappa shape index (κ3) is 3.17. The molecule has 1 saturated carbocycles. The van der Waals surface area contributed by atoms with Crippen LogP contribution in [0, 0.1) is 5.92 Å². The van der Waals surface area contributed by atoms with E-state index in [0.717, 1.165) is 24.2 Å². The number of aromatic nitrogens is 2. The van der Waals surface area contributed by atoms with E-state index in [-0.39, 0.29) is 18.1 Å². The van der Waals surface area contributed by atoms with Crippen molar-refractivity contribution in [1.82, 2.24) is 15.1 Å². The third-order valence-electron chi connectivity index (χ3n) is 4.46. The van der Waals surface area contributed by atoms with Crippen LogP contribution in [0.15, 0.2) is 0 Å². The van der Waals surface area contributed by atoms with Crippen molar-refractivity contribution in [2.45, 2.75) is 45.3 Å². The standard InChI is InChI=1S/C16H25N3O3/c1-10-8-13-14(11(2)22-10)17-18-15(13)16(20)19(6-7-21-3)9-12-4-5-12/h10-12H,4-9H2,1-3H3,(H,17,18)/t10-,11+/m0/s1. The Hall–Kier alpha value is -1.40. The van der Waals surface area contributed by atoms with Crippen LogP contribution in [0.1, 0.15) is 54.5 Å². The highest BCUT2D eigenvalue weighted by Crippen LogP contribution is 2.32. The molecule has 1 fully saturated rings. The van der Waals surface area contributed by atoms with Crippen molar-refractivity contribution in [1.29, 1.82) is 0 Å². The zero-order valence-corrected chi connectivity index (χ0v) is 13.6. The van der Waals surface area contributed by atoms with Gasteiger partial charge in [0.1, 0.15) is 0 Å². The van der Waals surface area contributed by atoms with Crippen LogP contribution >= 0.6 is 0 Å². The molecule has 1 N–H and O–H groups in total. The summed E-state index contributed by atoms with van der Waals surface area (Å²) in [5.74, 6) is 0.666. The molecule has 122 valence electrons. The summed E-state index contributed by atoms with van der Waals surface area (Å²) >= 11 is 0. The minimum Gasteiger partial charge on any atom is -0.383 e. The molecule has 2 heterocycles. The number of hydrogen-bond donors (Lipinski definition) is 1. The molecule has 0 unspecified atom stereocenters. The highest BCUT2D eigenvalue weighted by atomic mass is 16.5. The van der Waals surface area contributed by atoms with Crippen molar-refractivity contribution in [2.24, 2.45) is 5.92 Å². The number of carbonyl (C=O) groups excluding carboxylic acids is 1. The molecule has 0 aromatic carbocycles. The fraction of sp³-hybridized carbons (Fsp3) is 0.750. The van der Waals surface area contributed by atoms with Crippen LogP contribution in [0.2, 0.25) is 0 Å². The summed E-state index contributed by atoms with van der Waals surface area (Å²) in [6, 6.07) is 0. The monoisotopic (exact) mass is 307 g/mol. The molecule has 0 radical (unpaired) electrons. The maximum Gasteiger partial charge on any atom is 0.274 e. The molecular formula is C16H25N3O3. The average molecular weight is 307 g/mol. The van der Waals surface area contributed by atoms with Gasteiger partial charge in [-0.15, -0.1) is 0 Å². The van der Waals surface area contributed by atoms with Crippen LogP contribution in [-0.4, -0.2) is 53.9 Å². The number of H-pyrrole nitrogens is 1.